The van der Waals surface area contributed by atoms with Crippen molar-refractivity contribution < 1.29 is 14.0 Å². The number of hydrogen-bond donors (Lipinski definition) is 1. The predicted molar refractivity (Wildman–Crippen MR) is 188 cm³/mol. The molecule has 0 unspecified atom stereocenters. The van der Waals surface area contributed by atoms with Crippen LogP contribution >= 0.6 is 11.3 Å². The van der Waals surface area contributed by atoms with Gasteiger partial charge in [-0.05, 0) is 80.2 Å². The van der Waals surface area contributed by atoms with Gasteiger partial charge in [0.15, 0.2) is 0 Å². The third-order valence-corrected chi connectivity index (χ3v) is 9.37. The van der Waals surface area contributed by atoms with E-state index in [2.05, 4.69) is 126 Å². The van der Waals surface area contributed by atoms with E-state index >= 15 is 0 Å². The summed E-state index contributed by atoms with van der Waals surface area (Å²) in [6.45, 7) is 2.73. The Hall–Kier alpha value is -4.59. The van der Waals surface area contributed by atoms with Gasteiger partial charge < -0.3 is 24.6 Å². The molecule has 6 nitrogen and oxygen atoms in total. The first-order valence-corrected chi connectivity index (χ1v) is 16.1. The minimum atomic E-state index is 0.795. The molecule has 0 aliphatic carbocycles. The number of hydrogen-bond acceptors (Lipinski definition) is 6. The summed E-state index contributed by atoms with van der Waals surface area (Å²) in [6.07, 6.45) is 5.71. The highest BCUT2D eigenvalue weighted by Crippen LogP contribution is 2.41. The van der Waals surface area contributed by atoms with Gasteiger partial charge in [0.2, 0.25) is 5.52 Å². The Balaban J connectivity index is 1.41. The van der Waals surface area contributed by atoms with Crippen molar-refractivity contribution in [2.24, 2.45) is 7.05 Å². The van der Waals surface area contributed by atoms with Crippen LogP contribution in [0.15, 0.2) is 103 Å². The molecule has 0 bridgehead atoms. The second kappa shape index (κ2) is 13.6. The molecule has 5 aromatic rings. The average Bonchev–Trinajstić information content (AvgIpc) is 3.38. The summed E-state index contributed by atoms with van der Waals surface area (Å²) in [4.78, 5) is 4.64. The van der Waals surface area contributed by atoms with Crippen molar-refractivity contribution in [1.82, 2.24) is 10.2 Å². The third kappa shape index (κ3) is 6.46. The lowest BCUT2D eigenvalue weighted by Crippen LogP contribution is -2.35. The largest absolute Gasteiger partial charge is 0.496 e. The van der Waals surface area contributed by atoms with Crippen molar-refractivity contribution in [3.63, 3.8) is 0 Å². The van der Waals surface area contributed by atoms with Crippen molar-refractivity contribution in [3.05, 3.63) is 119 Å². The zero-order chi connectivity index (χ0) is 31.3. The monoisotopic (exact) mass is 617 g/mol. The van der Waals surface area contributed by atoms with Crippen LogP contribution in [0.4, 0.5) is 5.69 Å². The Labute approximate surface area is 270 Å². The normalized spacial score (nSPS) is 13.7. The fourth-order valence-electron chi connectivity index (χ4n) is 5.92. The highest BCUT2D eigenvalue weighted by molar-refractivity contribution is 7.19. The standard InChI is InChI=1S/C38H40N4O2S/c1-40(2)22-12-21-39-36-24-29(30-15-9-10-16-31(30)42(36)26-27-13-7-6-8-14-27)25-37-41(3)32-20-19-28(23-35(32)45-37)38-33(43-4)17-11-18-34(38)44-5/h6-11,13-20,23-25H,12,21-22,26H2,1-5H3/p+1. The second-order valence-corrected chi connectivity index (χ2v) is 12.6. The van der Waals surface area contributed by atoms with E-state index < -0.39 is 0 Å². The molecular weight excluding hydrogens is 577 g/mol. The minimum absolute atomic E-state index is 0.795. The average molecular weight is 618 g/mol. The summed E-state index contributed by atoms with van der Waals surface area (Å²) in [7, 11) is 9.80. The Morgan fingerprint density at radius 3 is 2.36 bits per heavy atom. The molecule has 0 radical (unpaired) electrons. The number of rotatable bonds is 11. The van der Waals surface area contributed by atoms with E-state index in [0.29, 0.717) is 0 Å². The van der Waals surface area contributed by atoms with E-state index in [9.17, 15) is 0 Å². The first-order valence-electron chi connectivity index (χ1n) is 15.3. The first-order chi connectivity index (χ1) is 22.0. The van der Waals surface area contributed by atoms with Crippen molar-refractivity contribution in [2.45, 2.75) is 13.0 Å². The maximum absolute atomic E-state index is 5.71. The van der Waals surface area contributed by atoms with Crippen LogP contribution in [0.1, 0.15) is 22.6 Å². The molecule has 230 valence electrons. The number of anilines is 1. The van der Waals surface area contributed by atoms with Crippen LogP contribution in [0.25, 0.3) is 33.0 Å². The molecule has 1 aliphatic rings. The third-order valence-electron chi connectivity index (χ3n) is 8.22. The summed E-state index contributed by atoms with van der Waals surface area (Å²) in [5.74, 6) is 2.72. The smallest absolute Gasteiger partial charge is 0.263 e. The van der Waals surface area contributed by atoms with E-state index in [0.717, 1.165) is 54.5 Å². The van der Waals surface area contributed by atoms with Gasteiger partial charge in [0.05, 0.1) is 25.5 Å². The van der Waals surface area contributed by atoms with Crippen LogP contribution in [0.2, 0.25) is 0 Å². The molecule has 1 aromatic heterocycles. The Bertz CT molecular complexity index is 1840. The summed E-state index contributed by atoms with van der Waals surface area (Å²) in [5, 5.41) is 4.96. The number of methoxy groups -OCH3 is 2. The van der Waals surface area contributed by atoms with E-state index in [4.69, 9.17) is 9.47 Å². The number of aryl methyl sites for hydroxylation is 1. The van der Waals surface area contributed by atoms with Gasteiger partial charge >= 0.3 is 0 Å². The van der Waals surface area contributed by atoms with Crippen LogP contribution in [-0.2, 0) is 13.6 Å². The highest BCUT2D eigenvalue weighted by atomic mass is 32.1. The number of benzene rings is 4. The molecule has 0 saturated heterocycles. The van der Waals surface area contributed by atoms with Gasteiger partial charge in [0.25, 0.3) is 5.01 Å². The molecule has 0 saturated carbocycles. The lowest BCUT2D eigenvalue weighted by molar-refractivity contribution is -0.642. The van der Waals surface area contributed by atoms with Crippen LogP contribution < -0.4 is 24.3 Å². The number of allylic oxidation sites excluding steroid dienone is 2. The number of para-hydroxylation sites is 1. The SMILES string of the molecule is COc1cccc(OC)c1-c1ccc2c(c1)sc(C=C1C=C(NCCCN(C)C)N(Cc3ccccc3)c3ccccc31)[n+]2C. The summed E-state index contributed by atoms with van der Waals surface area (Å²) >= 11 is 1.79. The fourth-order valence-corrected chi connectivity index (χ4v) is 7.07. The molecule has 7 heteroatoms. The zero-order valence-corrected chi connectivity index (χ0v) is 27.5. The van der Waals surface area contributed by atoms with Crippen molar-refractivity contribution in [2.75, 3.05) is 46.3 Å². The number of aromatic nitrogens is 1. The van der Waals surface area contributed by atoms with Crippen LogP contribution in [-0.4, -0.2) is 46.3 Å². The van der Waals surface area contributed by atoms with Gasteiger partial charge in [0, 0.05) is 30.8 Å². The Kier molecular flexibility index (Phi) is 9.19. The number of fused-ring (bicyclic) bond motifs is 2. The Morgan fingerprint density at radius 1 is 0.889 bits per heavy atom. The molecule has 4 aromatic carbocycles. The van der Waals surface area contributed by atoms with Gasteiger partial charge in [-0.3, -0.25) is 0 Å². The lowest BCUT2D eigenvalue weighted by Gasteiger charge is -2.34. The lowest BCUT2D eigenvalue weighted by atomic mass is 9.98. The molecule has 0 spiro atoms. The number of thiazole rings is 1. The van der Waals surface area contributed by atoms with Crippen molar-refractivity contribution in [1.29, 1.82) is 0 Å². The quantitative estimate of drug-likeness (QED) is 0.124. The van der Waals surface area contributed by atoms with E-state index in [1.165, 1.54) is 37.6 Å². The molecule has 1 N–H and O–H groups in total. The van der Waals surface area contributed by atoms with Gasteiger partial charge in [-0.2, -0.15) is 4.57 Å². The molecule has 0 atom stereocenters. The fraction of sp³-hybridized carbons (Fsp3) is 0.237. The zero-order valence-electron chi connectivity index (χ0n) is 26.7. The van der Waals surface area contributed by atoms with Crippen molar-refractivity contribution >= 4 is 38.9 Å². The van der Waals surface area contributed by atoms with Gasteiger partial charge in [-0.1, -0.05) is 65.9 Å². The van der Waals surface area contributed by atoms with E-state index in [-0.39, 0.29) is 0 Å². The van der Waals surface area contributed by atoms with Gasteiger partial charge in [-0.25, -0.2) is 0 Å². The molecule has 2 heterocycles. The highest BCUT2D eigenvalue weighted by Gasteiger charge is 2.25. The van der Waals surface area contributed by atoms with E-state index in [1.54, 1.807) is 25.6 Å². The maximum atomic E-state index is 5.71. The minimum Gasteiger partial charge on any atom is -0.496 e. The van der Waals surface area contributed by atoms with Gasteiger partial charge in [-0.15, -0.1) is 0 Å². The molecule has 45 heavy (non-hydrogen) atoms. The predicted octanol–water partition coefficient (Wildman–Crippen LogP) is 7.35. The van der Waals surface area contributed by atoms with Crippen molar-refractivity contribution in [3.8, 4) is 22.6 Å². The Morgan fingerprint density at radius 2 is 1.62 bits per heavy atom. The van der Waals surface area contributed by atoms with Crippen LogP contribution in [0.5, 0.6) is 11.5 Å². The summed E-state index contributed by atoms with van der Waals surface area (Å²) in [5.41, 5.74) is 8.13. The topological polar surface area (TPSA) is 40.9 Å². The van der Waals surface area contributed by atoms with Crippen LogP contribution in [0.3, 0.4) is 0 Å². The second-order valence-electron chi connectivity index (χ2n) is 11.5. The summed E-state index contributed by atoms with van der Waals surface area (Å²) < 4.78 is 14.9. The number of ether oxygens (including phenoxy) is 2. The van der Waals surface area contributed by atoms with E-state index in [1.807, 2.05) is 18.2 Å². The number of nitrogens with zero attached hydrogens (tertiary/aromatic N) is 3. The summed E-state index contributed by atoms with van der Waals surface area (Å²) in [6, 6.07) is 31.9. The molecule has 0 amide bonds. The molecule has 1 aliphatic heterocycles. The van der Waals surface area contributed by atoms with Crippen LogP contribution in [0, 0.1) is 0 Å². The molecule has 0 fully saturated rings. The first kappa shape index (κ1) is 30.4. The maximum Gasteiger partial charge on any atom is 0.263 e. The number of nitrogens with one attached hydrogen (secondary N) is 1. The molecule has 6 rings (SSSR count). The molecular formula is C38H41N4O2S+. The van der Waals surface area contributed by atoms with Gasteiger partial charge in [0.1, 0.15) is 29.1 Å².